The minimum atomic E-state index is -1.13. The Balaban J connectivity index is 2.00. The van der Waals surface area contributed by atoms with Crippen molar-refractivity contribution >= 4 is 29.2 Å². The van der Waals surface area contributed by atoms with Gasteiger partial charge in [-0.15, -0.1) is 11.3 Å². The molecule has 8 heteroatoms. The molecule has 1 aromatic heterocycles. The number of nitrogens with one attached hydrogen (secondary N) is 2. The zero-order chi connectivity index (χ0) is 14.7. The number of aryl methyl sites for hydroxylation is 1. The van der Waals surface area contributed by atoms with E-state index in [1.54, 1.807) is 0 Å². The van der Waals surface area contributed by atoms with Crippen molar-refractivity contribution in [2.45, 2.75) is 19.5 Å². The molecular weight excluding hydrogens is 282 g/mol. The first-order chi connectivity index (χ1) is 9.49. The Morgan fingerprint density at radius 2 is 2.35 bits per heavy atom. The molecule has 0 saturated carbocycles. The van der Waals surface area contributed by atoms with Crippen LogP contribution in [0.1, 0.15) is 10.4 Å². The molecule has 0 radical (unpaired) electrons. The van der Waals surface area contributed by atoms with Gasteiger partial charge in [0.15, 0.2) is 0 Å². The van der Waals surface area contributed by atoms with E-state index < -0.39 is 18.0 Å². The molecule has 0 aromatic carbocycles. The van der Waals surface area contributed by atoms with Crippen LogP contribution in [0.3, 0.4) is 0 Å². The number of carboxylic acids is 1. The number of amides is 3. The predicted octanol–water partition coefficient (Wildman–Crippen LogP) is 0.151. The van der Waals surface area contributed by atoms with E-state index in [1.165, 1.54) is 11.3 Å². The second-order valence-electron chi connectivity index (χ2n) is 4.47. The lowest BCUT2D eigenvalue weighted by Crippen LogP contribution is -2.61. The van der Waals surface area contributed by atoms with Gasteiger partial charge in [-0.05, 0) is 23.9 Å². The molecule has 1 fully saturated rings. The van der Waals surface area contributed by atoms with Gasteiger partial charge in [0, 0.05) is 11.4 Å². The van der Waals surface area contributed by atoms with E-state index in [0.717, 1.165) is 15.3 Å². The number of piperazine rings is 1. The molecule has 1 unspecified atom stereocenters. The smallest absolute Gasteiger partial charge is 0.328 e. The highest BCUT2D eigenvalue weighted by atomic mass is 32.1. The van der Waals surface area contributed by atoms with Gasteiger partial charge in [0.2, 0.25) is 5.91 Å². The van der Waals surface area contributed by atoms with Gasteiger partial charge < -0.3 is 15.7 Å². The number of nitrogens with zero attached hydrogens (tertiary/aromatic N) is 1. The summed E-state index contributed by atoms with van der Waals surface area (Å²) in [4.78, 5) is 36.5. The highest BCUT2D eigenvalue weighted by Crippen LogP contribution is 2.15. The Kier molecular flexibility index (Phi) is 4.23. The van der Waals surface area contributed by atoms with Gasteiger partial charge in [-0.2, -0.15) is 0 Å². The Labute approximate surface area is 119 Å². The first-order valence-corrected chi connectivity index (χ1v) is 6.94. The van der Waals surface area contributed by atoms with Crippen LogP contribution in [0.4, 0.5) is 4.79 Å². The van der Waals surface area contributed by atoms with E-state index >= 15 is 0 Å². The quantitative estimate of drug-likeness (QED) is 0.739. The third-order valence-electron chi connectivity index (χ3n) is 3.10. The number of rotatable bonds is 3. The fourth-order valence-electron chi connectivity index (χ4n) is 1.92. The average molecular weight is 297 g/mol. The first-order valence-electron chi connectivity index (χ1n) is 6.06. The second-order valence-corrected chi connectivity index (χ2v) is 5.47. The van der Waals surface area contributed by atoms with E-state index in [-0.39, 0.29) is 19.0 Å². The van der Waals surface area contributed by atoms with Crippen molar-refractivity contribution in [3.8, 4) is 0 Å². The van der Waals surface area contributed by atoms with Gasteiger partial charge in [0.05, 0.1) is 6.54 Å². The van der Waals surface area contributed by atoms with Crippen molar-refractivity contribution < 1.29 is 19.5 Å². The lowest BCUT2D eigenvalue weighted by atomic mass is 10.2. The van der Waals surface area contributed by atoms with Crippen LogP contribution in [0, 0.1) is 6.92 Å². The Hall–Kier alpha value is -2.09. The fourth-order valence-corrected chi connectivity index (χ4v) is 2.76. The Morgan fingerprint density at radius 3 is 2.95 bits per heavy atom. The van der Waals surface area contributed by atoms with E-state index in [4.69, 9.17) is 5.11 Å². The van der Waals surface area contributed by atoms with E-state index in [1.807, 2.05) is 18.4 Å². The summed E-state index contributed by atoms with van der Waals surface area (Å²) >= 11 is 1.52. The molecular formula is C12H15N3O4S. The molecule has 1 aromatic rings. The molecule has 20 heavy (non-hydrogen) atoms. The molecule has 7 nitrogen and oxygen atoms in total. The van der Waals surface area contributed by atoms with Gasteiger partial charge in [-0.25, -0.2) is 9.59 Å². The fraction of sp³-hybridized carbons (Fsp3) is 0.417. The van der Waals surface area contributed by atoms with Crippen LogP contribution in [0.2, 0.25) is 0 Å². The SMILES string of the molecule is Cc1ccsc1CNC(=O)N1CC(=O)NCC1C(=O)O. The van der Waals surface area contributed by atoms with Gasteiger partial charge in [-0.3, -0.25) is 9.69 Å². The summed E-state index contributed by atoms with van der Waals surface area (Å²) in [5.41, 5.74) is 1.07. The highest BCUT2D eigenvalue weighted by Gasteiger charge is 2.35. The summed E-state index contributed by atoms with van der Waals surface area (Å²) in [5.74, 6) is -1.49. The number of thiophene rings is 1. The molecule has 1 saturated heterocycles. The molecule has 3 N–H and O–H groups in total. The topological polar surface area (TPSA) is 98.7 Å². The normalized spacial score (nSPS) is 18.6. The summed E-state index contributed by atoms with van der Waals surface area (Å²) in [5, 5.41) is 16.1. The largest absolute Gasteiger partial charge is 0.480 e. The second kappa shape index (κ2) is 5.91. The van der Waals surface area contributed by atoms with E-state index in [0.29, 0.717) is 6.54 Å². The number of hydrogen-bond acceptors (Lipinski definition) is 4. The van der Waals surface area contributed by atoms with Gasteiger partial charge in [0.1, 0.15) is 12.6 Å². The molecule has 108 valence electrons. The minimum Gasteiger partial charge on any atom is -0.480 e. The molecule has 0 bridgehead atoms. The van der Waals surface area contributed by atoms with Crippen molar-refractivity contribution in [3.63, 3.8) is 0 Å². The zero-order valence-corrected chi connectivity index (χ0v) is 11.7. The standard InChI is InChI=1S/C12H15N3O4S/c1-7-2-3-20-9(7)5-14-12(19)15-6-10(16)13-4-8(15)11(17)18/h2-3,8H,4-6H2,1H3,(H,13,16)(H,14,19)(H,17,18). The van der Waals surface area contributed by atoms with Crippen molar-refractivity contribution in [1.82, 2.24) is 15.5 Å². The van der Waals surface area contributed by atoms with Crippen LogP contribution in [-0.2, 0) is 16.1 Å². The Bertz CT molecular complexity index is 543. The number of urea groups is 1. The average Bonchev–Trinajstić information content (AvgIpc) is 2.81. The van der Waals surface area contributed by atoms with Crippen LogP contribution in [-0.4, -0.2) is 47.0 Å². The van der Waals surface area contributed by atoms with Crippen LogP contribution in [0.5, 0.6) is 0 Å². The maximum Gasteiger partial charge on any atom is 0.328 e. The third kappa shape index (κ3) is 3.08. The minimum absolute atomic E-state index is 0.0698. The van der Waals surface area contributed by atoms with Crippen molar-refractivity contribution in [2.24, 2.45) is 0 Å². The summed E-state index contributed by atoms with van der Waals surface area (Å²) in [6.45, 7) is 1.95. The maximum absolute atomic E-state index is 12.0. The molecule has 0 spiro atoms. The molecule has 2 rings (SSSR count). The number of hydrogen-bond donors (Lipinski definition) is 3. The number of carbonyl (C=O) groups is 3. The molecule has 1 aliphatic rings. The van der Waals surface area contributed by atoms with Gasteiger partial charge >= 0.3 is 12.0 Å². The summed E-state index contributed by atoms with van der Waals surface area (Å²) in [7, 11) is 0. The zero-order valence-electron chi connectivity index (χ0n) is 10.9. The number of carbonyl (C=O) groups excluding carboxylic acids is 2. The van der Waals surface area contributed by atoms with E-state index in [2.05, 4.69) is 10.6 Å². The number of carboxylic acid groups (broad SMARTS) is 1. The van der Waals surface area contributed by atoms with Gasteiger partial charge in [0.25, 0.3) is 0 Å². The molecule has 1 atom stereocenters. The monoisotopic (exact) mass is 297 g/mol. The first kappa shape index (κ1) is 14.3. The third-order valence-corrected chi connectivity index (χ3v) is 4.12. The molecule has 2 heterocycles. The van der Waals surface area contributed by atoms with Gasteiger partial charge in [-0.1, -0.05) is 0 Å². The van der Waals surface area contributed by atoms with Crippen molar-refractivity contribution in [1.29, 1.82) is 0 Å². The van der Waals surface area contributed by atoms with Crippen LogP contribution in [0.15, 0.2) is 11.4 Å². The van der Waals surface area contributed by atoms with Crippen molar-refractivity contribution in [2.75, 3.05) is 13.1 Å². The molecule has 3 amide bonds. The highest BCUT2D eigenvalue weighted by molar-refractivity contribution is 7.10. The van der Waals surface area contributed by atoms with Crippen molar-refractivity contribution in [3.05, 3.63) is 21.9 Å². The molecule has 1 aliphatic heterocycles. The lowest BCUT2D eigenvalue weighted by Gasteiger charge is -2.32. The van der Waals surface area contributed by atoms with Crippen LogP contribution < -0.4 is 10.6 Å². The summed E-state index contributed by atoms with van der Waals surface area (Å²) < 4.78 is 0. The lowest BCUT2D eigenvalue weighted by molar-refractivity contribution is -0.144. The molecule has 0 aliphatic carbocycles. The maximum atomic E-state index is 12.0. The predicted molar refractivity (Wildman–Crippen MR) is 72.4 cm³/mol. The van der Waals surface area contributed by atoms with E-state index in [9.17, 15) is 14.4 Å². The summed E-state index contributed by atoms with van der Waals surface area (Å²) in [6, 6.07) is 0.373. The summed E-state index contributed by atoms with van der Waals surface area (Å²) in [6.07, 6.45) is 0. The number of aliphatic carboxylic acids is 1. The van der Waals surface area contributed by atoms with Crippen LogP contribution >= 0.6 is 11.3 Å². The van der Waals surface area contributed by atoms with Crippen LogP contribution in [0.25, 0.3) is 0 Å². The Morgan fingerprint density at radius 1 is 1.60 bits per heavy atom.